The molecule has 2 atom stereocenters. The Kier molecular flexibility index (Phi) is 4.22. The third-order valence-electron chi connectivity index (χ3n) is 4.48. The maximum atomic E-state index is 10.9. The molecule has 2 rings (SSSR count). The Morgan fingerprint density at radius 1 is 1.30 bits per heavy atom. The summed E-state index contributed by atoms with van der Waals surface area (Å²) in [4.78, 5) is 10.9. The zero-order valence-corrected chi connectivity index (χ0v) is 13.1. The van der Waals surface area contributed by atoms with Crippen LogP contribution in [0.2, 0.25) is 0 Å². The van der Waals surface area contributed by atoms with Crippen molar-refractivity contribution in [3.8, 4) is 0 Å². The number of aliphatic carboxylic acids is 1. The summed E-state index contributed by atoms with van der Waals surface area (Å²) < 4.78 is 0. The molecule has 1 saturated carbocycles. The fourth-order valence-corrected chi connectivity index (χ4v) is 2.88. The molecule has 1 aliphatic carbocycles. The monoisotopic (exact) mass is 274 g/mol. The van der Waals surface area contributed by atoms with Crippen LogP contribution in [0.3, 0.4) is 0 Å². The Labute approximate surface area is 122 Å². The maximum Gasteiger partial charge on any atom is 0.306 e. The lowest BCUT2D eigenvalue weighted by atomic mass is 9.84. The number of hydrogen-bond acceptors (Lipinski definition) is 1. The van der Waals surface area contributed by atoms with Gasteiger partial charge in [0.15, 0.2) is 0 Å². The number of carboxylic acids is 1. The van der Waals surface area contributed by atoms with E-state index >= 15 is 0 Å². The zero-order valence-electron chi connectivity index (χ0n) is 13.1. The van der Waals surface area contributed by atoms with Crippen molar-refractivity contribution in [3.05, 3.63) is 34.9 Å². The molecule has 1 aliphatic rings. The molecule has 1 fully saturated rings. The number of hydrogen-bond donors (Lipinski definition) is 1. The summed E-state index contributed by atoms with van der Waals surface area (Å²) in [6.45, 7) is 8.89. The van der Waals surface area contributed by atoms with Crippen molar-refractivity contribution in [2.24, 2.45) is 11.8 Å². The summed E-state index contributed by atoms with van der Waals surface area (Å²) in [5.74, 6) is -0.296. The second-order valence-corrected chi connectivity index (χ2v) is 7.07. The lowest BCUT2D eigenvalue weighted by Gasteiger charge is -2.21. The molecule has 1 aromatic rings. The minimum absolute atomic E-state index is 0.0779. The second-order valence-electron chi connectivity index (χ2n) is 7.07. The van der Waals surface area contributed by atoms with Gasteiger partial charge in [0.05, 0.1) is 5.92 Å². The van der Waals surface area contributed by atoms with Gasteiger partial charge in [0, 0.05) is 0 Å². The molecule has 0 bridgehead atoms. The summed E-state index contributed by atoms with van der Waals surface area (Å²) in [6.07, 6.45) is 3.95. The number of aryl methyl sites for hydroxylation is 2. The zero-order chi connectivity index (χ0) is 14.9. The van der Waals surface area contributed by atoms with E-state index in [1.165, 1.54) is 16.7 Å². The van der Waals surface area contributed by atoms with Crippen LogP contribution in [0.25, 0.3) is 0 Å². The molecule has 0 aliphatic heterocycles. The summed E-state index contributed by atoms with van der Waals surface area (Å²) >= 11 is 0. The first kappa shape index (κ1) is 15.1. The Hall–Kier alpha value is -1.31. The van der Waals surface area contributed by atoms with Gasteiger partial charge in [-0.3, -0.25) is 4.79 Å². The van der Waals surface area contributed by atoms with Crippen LogP contribution in [0.15, 0.2) is 18.2 Å². The number of benzene rings is 1. The maximum absolute atomic E-state index is 10.9. The van der Waals surface area contributed by atoms with Crippen molar-refractivity contribution >= 4 is 5.97 Å². The van der Waals surface area contributed by atoms with E-state index in [1.54, 1.807) is 0 Å². The van der Waals surface area contributed by atoms with Crippen molar-refractivity contribution in [3.63, 3.8) is 0 Å². The van der Waals surface area contributed by atoms with E-state index in [4.69, 9.17) is 5.11 Å². The van der Waals surface area contributed by atoms with E-state index in [0.29, 0.717) is 5.92 Å². The molecule has 2 nitrogen and oxygen atoms in total. The SMILES string of the molecule is CCc1ccc(C(C)(C)C)cc1CCC1CC1C(=O)O. The highest BCUT2D eigenvalue weighted by Crippen LogP contribution is 2.42. The highest BCUT2D eigenvalue weighted by molar-refractivity contribution is 5.73. The Morgan fingerprint density at radius 3 is 2.50 bits per heavy atom. The first-order valence-electron chi connectivity index (χ1n) is 7.68. The Morgan fingerprint density at radius 2 is 2.00 bits per heavy atom. The molecule has 0 aromatic heterocycles. The lowest BCUT2D eigenvalue weighted by molar-refractivity contribution is -0.138. The normalized spacial score (nSPS) is 21.8. The predicted octanol–water partition coefficient (Wildman–Crippen LogP) is 4.20. The number of rotatable bonds is 5. The molecule has 0 heterocycles. The summed E-state index contributed by atoms with van der Waals surface area (Å²) in [6, 6.07) is 6.81. The van der Waals surface area contributed by atoms with Crippen LogP contribution in [0, 0.1) is 11.8 Å². The average molecular weight is 274 g/mol. The Balaban J connectivity index is 2.07. The van der Waals surface area contributed by atoms with Gasteiger partial charge in [0.25, 0.3) is 0 Å². The van der Waals surface area contributed by atoms with Crippen molar-refractivity contribution in [1.82, 2.24) is 0 Å². The van der Waals surface area contributed by atoms with Crippen LogP contribution in [0.5, 0.6) is 0 Å². The average Bonchev–Trinajstić information content (AvgIpc) is 3.14. The van der Waals surface area contributed by atoms with Crippen molar-refractivity contribution in [1.29, 1.82) is 0 Å². The minimum atomic E-state index is -0.617. The van der Waals surface area contributed by atoms with E-state index in [1.807, 2.05) is 0 Å². The van der Waals surface area contributed by atoms with Gasteiger partial charge in [-0.2, -0.15) is 0 Å². The van der Waals surface area contributed by atoms with Crippen LogP contribution >= 0.6 is 0 Å². The number of carbonyl (C=O) groups is 1. The topological polar surface area (TPSA) is 37.3 Å². The molecule has 0 spiro atoms. The standard InChI is InChI=1S/C18H26O2/c1-5-12-8-9-15(18(2,3)4)10-13(12)6-7-14-11-16(14)17(19)20/h8-10,14,16H,5-7,11H2,1-4H3,(H,19,20). The van der Waals surface area contributed by atoms with Gasteiger partial charge in [-0.1, -0.05) is 45.9 Å². The molecule has 0 saturated heterocycles. The van der Waals surface area contributed by atoms with Gasteiger partial charge < -0.3 is 5.11 Å². The fourth-order valence-electron chi connectivity index (χ4n) is 2.88. The molecule has 0 amide bonds. The van der Waals surface area contributed by atoms with Gasteiger partial charge in [0.1, 0.15) is 0 Å². The third kappa shape index (κ3) is 3.41. The largest absolute Gasteiger partial charge is 0.481 e. The smallest absolute Gasteiger partial charge is 0.306 e. The lowest BCUT2D eigenvalue weighted by Crippen LogP contribution is -2.12. The van der Waals surface area contributed by atoms with Gasteiger partial charge in [-0.15, -0.1) is 0 Å². The summed E-state index contributed by atoms with van der Waals surface area (Å²) in [5.41, 5.74) is 4.36. The molecule has 1 N–H and O–H groups in total. The quantitative estimate of drug-likeness (QED) is 0.873. The molecular formula is C18H26O2. The fraction of sp³-hybridized carbons (Fsp3) is 0.611. The van der Waals surface area contributed by atoms with E-state index in [2.05, 4.69) is 45.9 Å². The summed E-state index contributed by atoms with van der Waals surface area (Å²) in [7, 11) is 0. The van der Waals surface area contributed by atoms with Crippen molar-refractivity contribution in [2.45, 2.75) is 58.8 Å². The third-order valence-corrected chi connectivity index (χ3v) is 4.48. The van der Waals surface area contributed by atoms with E-state index in [9.17, 15) is 4.79 Å². The molecule has 2 heteroatoms. The molecule has 2 unspecified atom stereocenters. The first-order chi connectivity index (χ1) is 9.32. The highest BCUT2D eigenvalue weighted by Gasteiger charge is 2.42. The van der Waals surface area contributed by atoms with Gasteiger partial charge in [0.2, 0.25) is 0 Å². The highest BCUT2D eigenvalue weighted by atomic mass is 16.4. The van der Waals surface area contributed by atoms with Gasteiger partial charge in [-0.05, 0) is 53.7 Å². The molecular weight excluding hydrogens is 248 g/mol. The van der Waals surface area contributed by atoms with E-state index in [-0.39, 0.29) is 11.3 Å². The molecule has 0 radical (unpaired) electrons. The molecule has 20 heavy (non-hydrogen) atoms. The van der Waals surface area contributed by atoms with Crippen LogP contribution in [-0.4, -0.2) is 11.1 Å². The minimum Gasteiger partial charge on any atom is -0.481 e. The van der Waals surface area contributed by atoms with E-state index < -0.39 is 5.97 Å². The molecule has 110 valence electrons. The van der Waals surface area contributed by atoms with Crippen molar-refractivity contribution < 1.29 is 9.90 Å². The van der Waals surface area contributed by atoms with Crippen LogP contribution in [0.1, 0.15) is 57.2 Å². The summed E-state index contributed by atoms with van der Waals surface area (Å²) in [5, 5.41) is 8.97. The van der Waals surface area contributed by atoms with Crippen LogP contribution < -0.4 is 0 Å². The number of carboxylic acid groups (broad SMARTS) is 1. The second kappa shape index (κ2) is 5.59. The van der Waals surface area contributed by atoms with Crippen LogP contribution in [0.4, 0.5) is 0 Å². The first-order valence-corrected chi connectivity index (χ1v) is 7.68. The van der Waals surface area contributed by atoms with Gasteiger partial charge >= 0.3 is 5.97 Å². The van der Waals surface area contributed by atoms with E-state index in [0.717, 1.165) is 25.7 Å². The predicted molar refractivity (Wildman–Crippen MR) is 82.1 cm³/mol. The van der Waals surface area contributed by atoms with Crippen molar-refractivity contribution in [2.75, 3.05) is 0 Å². The van der Waals surface area contributed by atoms with Gasteiger partial charge in [-0.25, -0.2) is 0 Å². The van der Waals surface area contributed by atoms with Crippen LogP contribution in [-0.2, 0) is 23.1 Å². The Bertz CT molecular complexity index is 497. The molecule has 1 aromatic carbocycles.